The minimum Gasteiger partial charge on any atom is -0.507 e. The molecule has 0 heterocycles. The van der Waals surface area contributed by atoms with Crippen LogP contribution in [0.3, 0.4) is 0 Å². The number of nitrogens with zero attached hydrogens (tertiary/aromatic N) is 1. The Hall–Kier alpha value is -1.55. The van der Waals surface area contributed by atoms with Gasteiger partial charge in [-0.3, -0.25) is 9.69 Å². The second-order valence-corrected chi connectivity index (χ2v) is 6.31. The lowest BCUT2D eigenvalue weighted by Gasteiger charge is -2.35. The summed E-state index contributed by atoms with van der Waals surface area (Å²) in [6.07, 6.45) is 0.132. The third kappa shape index (κ3) is 4.53. The van der Waals surface area contributed by atoms with Crippen LogP contribution >= 0.6 is 0 Å². The van der Waals surface area contributed by atoms with Crippen molar-refractivity contribution in [1.29, 1.82) is 0 Å². The molecule has 0 aliphatic heterocycles. The van der Waals surface area contributed by atoms with E-state index in [1.807, 2.05) is 26.0 Å². The van der Waals surface area contributed by atoms with Crippen LogP contribution in [0, 0.1) is 13.8 Å². The molecule has 0 fully saturated rings. The van der Waals surface area contributed by atoms with E-state index in [2.05, 4.69) is 25.7 Å². The number of carbonyl (C=O) groups is 1. The van der Waals surface area contributed by atoms with Crippen molar-refractivity contribution in [3.05, 3.63) is 28.8 Å². The molecular formula is C16H25NO3. The molecule has 0 atom stereocenters. The van der Waals surface area contributed by atoms with Crippen LogP contribution in [0.15, 0.2) is 12.1 Å². The number of carboxylic acid groups (broad SMARTS) is 1. The third-order valence-corrected chi connectivity index (χ3v) is 3.47. The Morgan fingerprint density at radius 2 is 1.70 bits per heavy atom. The molecule has 1 aromatic rings. The van der Waals surface area contributed by atoms with Crippen LogP contribution < -0.4 is 0 Å². The number of rotatable bonds is 5. The molecule has 2 N–H and O–H groups in total. The predicted molar refractivity (Wildman–Crippen MR) is 80.0 cm³/mol. The summed E-state index contributed by atoms with van der Waals surface area (Å²) in [6, 6.07) is 3.92. The summed E-state index contributed by atoms with van der Waals surface area (Å²) in [7, 11) is 0. The van der Waals surface area contributed by atoms with Gasteiger partial charge in [-0.05, 0) is 51.3 Å². The normalized spacial score (nSPS) is 11.9. The summed E-state index contributed by atoms with van der Waals surface area (Å²) < 4.78 is 0. The lowest BCUT2D eigenvalue weighted by Crippen LogP contribution is -2.42. The minimum absolute atomic E-state index is 0.102. The van der Waals surface area contributed by atoms with Gasteiger partial charge in [-0.2, -0.15) is 0 Å². The summed E-state index contributed by atoms with van der Waals surface area (Å²) in [5, 5.41) is 18.7. The molecule has 0 saturated carbocycles. The smallest absolute Gasteiger partial charge is 0.304 e. The van der Waals surface area contributed by atoms with Crippen molar-refractivity contribution in [1.82, 2.24) is 4.90 Å². The monoisotopic (exact) mass is 279 g/mol. The highest BCUT2D eigenvalue weighted by Crippen LogP contribution is 2.25. The van der Waals surface area contributed by atoms with E-state index in [4.69, 9.17) is 5.11 Å². The average molecular weight is 279 g/mol. The first-order valence-corrected chi connectivity index (χ1v) is 6.87. The van der Waals surface area contributed by atoms with Gasteiger partial charge in [0.15, 0.2) is 0 Å². The Balaban J connectivity index is 2.92. The number of aryl methyl sites for hydroxylation is 2. The first-order chi connectivity index (χ1) is 9.11. The number of hydrogen-bond acceptors (Lipinski definition) is 3. The minimum atomic E-state index is -0.780. The standard InChI is InChI=1S/C16H25NO3/c1-11-8-13(9-12(2)15(11)20)10-17(16(3,4)5)7-6-14(18)19/h8-9,20H,6-7,10H2,1-5H3,(H,18,19). The lowest BCUT2D eigenvalue weighted by molar-refractivity contribution is -0.137. The van der Waals surface area contributed by atoms with Crippen LogP contribution in [0.2, 0.25) is 0 Å². The number of benzene rings is 1. The molecule has 1 aromatic carbocycles. The quantitative estimate of drug-likeness (QED) is 0.869. The fourth-order valence-electron chi connectivity index (χ4n) is 2.24. The zero-order chi connectivity index (χ0) is 15.5. The zero-order valence-electron chi connectivity index (χ0n) is 13.0. The fourth-order valence-corrected chi connectivity index (χ4v) is 2.24. The molecule has 4 nitrogen and oxygen atoms in total. The van der Waals surface area contributed by atoms with Crippen molar-refractivity contribution in [3.8, 4) is 5.75 Å². The highest BCUT2D eigenvalue weighted by Gasteiger charge is 2.22. The van der Waals surface area contributed by atoms with Crippen LogP contribution in [0.25, 0.3) is 0 Å². The Labute approximate surface area is 121 Å². The van der Waals surface area contributed by atoms with E-state index >= 15 is 0 Å². The Morgan fingerprint density at radius 1 is 1.20 bits per heavy atom. The second kappa shape index (κ2) is 6.27. The van der Waals surface area contributed by atoms with E-state index in [-0.39, 0.29) is 12.0 Å². The number of carboxylic acids is 1. The van der Waals surface area contributed by atoms with E-state index in [1.165, 1.54) is 0 Å². The highest BCUT2D eigenvalue weighted by molar-refractivity contribution is 5.66. The molecule has 0 bridgehead atoms. The van der Waals surface area contributed by atoms with Crippen molar-refractivity contribution < 1.29 is 15.0 Å². The summed E-state index contributed by atoms with van der Waals surface area (Å²) in [5.74, 6) is -0.445. The van der Waals surface area contributed by atoms with Crippen molar-refractivity contribution in [3.63, 3.8) is 0 Å². The Morgan fingerprint density at radius 3 is 2.10 bits per heavy atom. The maximum absolute atomic E-state index is 10.8. The maximum atomic E-state index is 10.8. The maximum Gasteiger partial charge on any atom is 0.304 e. The van der Waals surface area contributed by atoms with Gasteiger partial charge in [0, 0.05) is 18.6 Å². The van der Waals surface area contributed by atoms with Gasteiger partial charge in [-0.15, -0.1) is 0 Å². The number of phenols is 1. The van der Waals surface area contributed by atoms with Crippen molar-refractivity contribution >= 4 is 5.97 Å². The number of hydrogen-bond donors (Lipinski definition) is 2. The molecule has 20 heavy (non-hydrogen) atoms. The molecule has 0 amide bonds. The number of phenolic OH excluding ortho intramolecular Hbond substituents is 1. The SMILES string of the molecule is Cc1cc(CN(CCC(=O)O)C(C)(C)C)cc(C)c1O. The van der Waals surface area contributed by atoms with E-state index in [1.54, 1.807) is 0 Å². The van der Waals surface area contributed by atoms with E-state index in [0.717, 1.165) is 16.7 Å². The zero-order valence-corrected chi connectivity index (χ0v) is 13.0. The molecule has 0 aliphatic carbocycles. The van der Waals surface area contributed by atoms with Crippen LogP contribution in [-0.4, -0.2) is 33.2 Å². The topological polar surface area (TPSA) is 60.8 Å². The van der Waals surface area contributed by atoms with Gasteiger partial charge in [0.25, 0.3) is 0 Å². The average Bonchev–Trinajstić information content (AvgIpc) is 2.29. The van der Waals surface area contributed by atoms with Crippen LogP contribution in [0.1, 0.15) is 43.9 Å². The molecule has 0 radical (unpaired) electrons. The van der Waals surface area contributed by atoms with Crippen molar-refractivity contribution in [2.24, 2.45) is 0 Å². The molecule has 112 valence electrons. The number of aliphatic carboxylic acids is 1. The van der Waals surface area contributed by atoms with Gasteiger partial charge in [-0.25, -0.2) is 0 Å². The molecule has 0 aliphatic rings. The van der Waals surface area contributed by atoms with Gasteiger partial charge in [0.2, 0.25) is 0 Å². The van der Waals surface area contributed by atoms with Crippen LogP contribution in [0.5, 0.6) is 5.75 Å². The van der Waals surface area contributed by atoms with Crippen molar-refractivity contribution in [2.45, 2.75) is 53.1 Å². The first kappa shape index (κ1) is 16.5. The molecule has 0 spiro atoms. The van der Waals surface area contributed by atoms with E-state index in [0.29, 0.717) is 18.8 Å². The van der Waals surface area contributed by atoms with Crippen LogP contribution in [-0.2, 0) is 11.3 Å². The van der Waals surface area contributed by atoms with Gasteiger partial charge >= 0.3 is 5.97 Å². The Kier molecular flexibility index (Phi) is 5.17. The highest BCUT2D eigenvalue weighted by atomic mass is 16.4. The van der Waals surface area contributed by atoms with Crippen LogP contribution in [0.4, 0.5) is 0 Å². The predicted octanol–water partition coefficient (Wildman–Crippen LogP) is 3.08. The molecule has 1 rings (SSSR count). The summed E-state index contributed by atoms with van der Waals surface area (Å²) in [6.45, 7) is 11.2. The molecule has 0 saturated heterocycles. The van der Waals surface area contributed by atoms with E-state index < -0.39 is 5.97 Å². The molecule has 4 heteroatoms. The summed E-state index contributed by atoms with van der Waals surface area (Å²) in [4.78, 5) is 12.9. The first-order valence-electron chi connectivity index (χ1n) is 6.87. The largest absolute Gasteiger partial charge is 0.507 e. The lowest BCUT2D eigenvalue weighted by atomic mass is 10.0. The van der Waals surface area contributed by atoms with E-state index in [9.17, 15) is 9.90 Å². The van der Waals surface area contributed by atoms with Crippen molar-refractivity contribution in [2.75, 3.05) is 6.54 Å². The van der Waals surface area contributed by atoms with Gasteiger partial charge in [0.1, 0.15) is 5.75 Å². The van der Waals surface area contributed by atoms with Gasteiger partial charge in [-0.1, -0.05) is 12.1 Å². The fraction of sp³-hybridized carbons (Fsp3) is 0.562. The van der Waals surface area contributed by atoms with Gasteiger partial charge in [0.05, 0.1) is 6.42 Å². The van der Waals surface area contributed by atoms with Gasteiger partial charge < -0.3 is 10.2 Å². The number of aromatic hydroxyl groups is 1. The summed E-state index contributed by atoms with van der Waals surface area (Å²) in [5.41, 5.74) is 2.70. The molecule has 0 unspecified atom stereocenters. The Bertz CT molecular complexity index is 466. The summed E-state index contributed by atoms with van der Waals surface area (Å²) >= 11 is 0. The molecule has 0 aromatic heterocycles. The second-order valence-electron chi connectivity index (χ2n) is 6.31. The molecular weight excluding hydrogens is 254 g/mol. The third-order valence-electron chi connectivity index (χ3n) is 3.47.